The van der Waals surface area contributed by atoms with Gasteiger partial charge in [0.15, 0.2) is 0 Å². The van der Waals surface area contributed by atoms with Crippen molar-refractivity contribution in [3.8, 4) is 0 Å². The SMILES string of the molecule is O=C(O)c1ccc([N+](=O)[O-])c(N2CCN3CCCC3C2)c1. The van der Waals surface area contributed by atoms with E-state index < -0.39 is 10.9 Å². The van der Waals surface area contributed by atoms with Gasteiger partial charge in [-0.3, -0.25) is 15.0 Å². The number of carboxylic acids is 1. The molecule has 0 bridgehead atoms. The molecule has 0 amide bonds. The molecule has 112 valence electrons. The molecule has 1 N–H and O–H groups in total. The van der Waals surface area contributed by atoms with Crippen LogP contribution >= 0.6 is 0 Å². The minimum absolute atomic E-state index is 0.0218. The van der Waals surface area contributed by atoms with E-state index in [4.69, 9.17) is 5.11 Å². The molecule has 1 unspecified atom stereocenters. The molecule has 2 aliphatic rings. The maximum Gasteiger partial charge on any atom is 0.335 e. The van der Waals surface area contributed by atoms with Crippen LogP contribution in [0.15, 0.2) is 18.2 Å². The van der Waals surface area contributed by atoms with Crippen molar-refractivity contribution in [1.82, 2.24) is 4.90 Å². The first-order valence-corrected chi connectivity index (χ1v) is 7.07. The highest BCUT2D eigenvalue weighted by Gasteiger charge is 2.33. The summed E-state index contributed by atoms with van der Waals surface area (Å²) in [6.07, 6.45) is 2.26. The minimum Gasteiger partial charge on any atom is -0.478 e. The number of hydrogen-bond donors (Lipinski definition) is 1. The van der Waals surface area contributed by atoms with Crippen LogP contribution in [0.3, 0.4) is 0 Å². The number of nitrogens with zero attached hydrogens (tertiary/aromatic N) is 3. The number of fused-ring (bicyclic) bond motifs is 1. The molecular formula is C14H17N3O4. The molecule has 0 saturated carbocycles. The second-order valence-corrected chi connectivity index (χ2v) is 5.54. The number of carboxylic acid groups (broad SMARTS) is 1. The number of benzene rings is 1. The first-order chi connectivity index (χ1) is 10.1. The number of hydrogen-bond acceptors (Lipinski definition) is 5. The van der Waals surface area contributed by atoms with Gasteiger partial charge in [0, 0.05) is 31.7 Å². The number of piperazine rings is 1. The molecule has 0 aliphatic carbocycles. The van der Waals surface area contributed by atoms with Gasteiger partial charge in [0.05, 0.1) is 10.5 Å². The van der Waals surface area contributed by atoms with Crippen molar-refractivity contribution in [2.45, 2.75) is 18.9 Å². The summed E-state index contributed by atoms with van der Waals surface area (Å²) in [6, 6.07) is 4.42. The normalized spacial score (nSPS) is 22.1. The average Bonchev–Trinajstić information content (AvgIpc) is 2.93. The van der Waals surface area contributed by atoms with Crippen molar-refractivity contribution in [3.63, 3.8) is 0 Å². The lowest BCUT2D eigenvalue weighted by Crippen LogP contribution is -2.50. The van der Waals surface area contributed by atoms with Crippen LogP contribution in [-0.2, 0) is 0 Å². The summed E-state index contributed by atoms with van der Waals surface area (Å²) in [7, 11) is 0. The lowest BCUT2D eigenvalue weighted by molar-refractivity contribution is -0.384. The van der Waals surface area contributed by atoms with Gasteiger partial charge in [-0.25, -0.2) is 4.79 Å². The predicted octanol–water partition coefficient (Wildman–Crippen LogP) is 1.58. The van der Waals surface area contributed by atoms with Gasteiger partial charge in [-0.05, 0) is 31.5 Å². The van der Waals surface area contributed by atoms with Crippen molar-refractivity contribution < 1.29 is 14.8 Å². The molecule has 1 aromatic rings. The van der Waals surface area contributed by atoms with E-state index in [1.54, 1.807) is 0 Å². The third kappa shape index (κ3) is 2.56. The summed E-state index contributed by atoms with van der Waals surface area (Å²) in [5, 5.41) is 20.3. The number of carbonyl (C=O) groups is 1. The van der Waals surface area contributed by atoms with E-state index in [1.807, 2.05) is 4.90 Å². The topological polar surface area (TPSA) is 86.9 Å². The third-order valence-electron chi connectivity index (χ3n) is 4.35. The zero-order chi connectivity index (χ0) is 15.0. The minimum atomic E-state index is -1.06. The molecule has 21 heavy (non-hydrogen) atoms. The highest BCUT2D eigenvalue weighted by atomic mass is 16.6. The Morgan fingerprint density at radius 3 is 2.86 bits per heavy atom. The second kappa shape index (κ2) is 5.33. The van der Waals surface area contributed by atoms with Crippen LogP contribution in [0.4, 0.5) is 11.4 Å². The van der Waals surface area contributed by atoms with E-state index in [-0.39, 0.29) is 11.3 Å². The Bertz CT molecular complexity index is 590. The van der Waals surface area contributed by atoms with Crippen molar-refractivity contribution in [1.29, 1.82) is 0 Å². The standard InChI is InChI=1S/C14H17N3O4/c18-14(19)10-3-4-12(17(20)21)13(8-10)16-7-6-15-5-1-2-11(15)9-16/h3-4,8,11H,1-2,5-7,9H2,(H,18,19). The molecule has 0 radical (unpaired) electrons. The molecule has 7 nitrogen and oxygen atoms in total. The fourth-order valence-electron chi connectivity index (χ4n) is 3.27. The van der Waals surface area contributed by atoms with Gasteiger partial charge in [-0.15, -0.1) is 0 Å². The Labute approximate surface area is 121 Å². The maximum absolute atomic E-state index is 11.2. The molecule has 1 atom stereocenters. The summed E-state index contributed by atoms with van der Waals surface area (Å²) in [5.74, 6) is -1.06. The Morgan fingerprint density at radius 2 is 2.14 bits per heavy atom. The van der Waals surface area contributed by atoms with Gasteiger partial charge in [-0.2, -0.15) is 0 Å². The van der Waals surface area contributed by atoms with E-state index in [0.717, 1.165) is 32.5 Å². The third-order valence-corrected chi connectivity index (χ3v) is 4.35. The van der Waals surface area contributed by atoms with E-state index in [2.05, 4.69) is 4.90 Å². The summed E-state index contributed by atoms with van der Waals surface area (Å²) in [4.78, 5) is 26.2. The summed E-state index contributed by atoms with van der Waals surface area (Å²) in [6.45, 7) is 3.39. The van der Waals surface area contributed by atoms with Gasteiger partial charge >= 0.3 is 5.97 Å². The van der Waals surface area contributed by atoms with Crippen LogP contribution in [0.25, 0.3) is 0 Å². The van der Waals surface area contributed by atoms with Crippen LogP contribution < -0.4 is 4.90 Å². The van der Waals surface area contributed by atoms with Crippen molar-refractivity contribution >= 4 is 17.3 Å². The van der Waals surface area contributed by atoms with Gasteiger partial charge in [0.1, 0.15) is 5.69 Å². The number of rotatable bonds is 3. The molecule has 3 rings (SSSR count). The van der Waals surface area contributed by atoms with Gasteiger partial charge in [0.2, 0.25) is 0 Å². The van der Waals surface area contributed by atoms with Crippen molar-refractivity contribution in [2.24, 2.45) is 0 Å². The number of nitro groups is 1. The molecule has 2 heterocycles. The largest absolute Gasteiger partial charge is 0.478 e. The predicted molar refractivity (Wildman–Crippen MR) is 76.9 cm³/mol. The Hall–Kier alpha value is -2.15. The molecule has 1 aromatic carbocycles. The monoisotopic (exact) mass is 291 g/mol. The van der Waals surface area contributed by atoms with Crippen LogP contribution in [-0.4, -0.2) is 53.1 Å². The second-order valence-electron chi connectivity index (χ2n) is 5.54. The molecule has 2 aliphatic heterocycles. The zero-order valence-electron chi connectivity index (χ0n) is 11.6. The molecule has 0 aromatic heterocycles. The summed E-state index contributed by atoms with van der Waals surface area (Å²) >= 11 is 0. The van der Waals surface area contributed by atoms with Gasteiger partial charge in [-0.1, -0.05) is 0 Å². The van der Waals surface area contributed by atoms with E-state index in [0.29, 0.717) is 18.3 Å². The first-order valence-electron chi connectivity index (χ1n) is 7.07. The molecule has 0 spiro atoms. The highest BCUT2D eigenvalue weighted by molar-refractivity contribution is 5.90. The molecule has 2 saturated heterocycles. The lowest BCUT2D eigenvalue weighted by Gasteiger charge is -2.38. The Morgan fingerprint density at radius 1 is 1.33 bits per heavy atom. The fourth-order valence-corrected chi connectivity index (χ4v) is 3.27. The average molecular weight is 291 g/mol. The Balaban J connectivity index is 1.93. The smallest absolute Gasteiger partial charge is 0.335 e. The molecule has 7 heteroatoms. The fraction of sp³-hybridized carbons (Fsp3) is 0.500. The van der Waals surface area contributed by atoms with Crippen LogP contribution in [0.1, 0.15) is 23.2 Å². The van der Waals surface area contributed by atoms with Crippen LogP contribution in [0.2, 0.25) is 0 Å². The van der Waals surface area contributed by atoms with Crippen molar-refractivity contribution in [3.05, 3.63) is 33.9 Å². The lowest BCUT2D eigenvalue weighted by atomic mass is 10.1. The number of anilines is 1. The van der Waals surface area contributed by atoms with E-state index in [9.17, 15) is 14.9 Å². The number of nitro benzene ring substituents is 1. The van der Waals surface area contributed by atoms with Crippen LogP contribution in [0.5, 0.6) is 0 Å². The van der Waals surface area contributed by atoms with Crippen LogP contribution in [0, 0.1) is 10.1 Å². The number of aromatic carboxylic acids is 1. The zero-order valence-corrected chi connectivity index (χ0v) is 11.6. The molecular weight excluding hydrogens is 274 g/mol. The highest BCUT2D eigenvalue weighted by Crippen LogP contribution is 2.32. The quantitative estimate of drug-likeness (QED) is 0.672. The maximum atomic E-state index is 11.2. The van der Waals surface area contributed by atoms with Crippen molar-refractivity contribution in [2.75, 3.05) is 31.1 Å². The van der Waals surface area contributed by atoms with Gasteiger partial charge < -0.3 is 10.0 Å². The summed E-state index contributed by atoms with van der Waals surface area (Å²) < 4.78 is 0. The first kappa shape index (κ1) is 13.8. The van der Waals surface area contributed by atoms with Gasteiger partial charge in [0.25, 0.3) is 5.69 Å². The van der Waals surface area contributed by atoms with E-state index >= 15 is 0 Å². The Kier molecular flexibility index (Phi) is 3.50. The molecule has 2 fully saturated rings. The summed E-state index contributed by atoms with van der Waals surface area (Å²) in [5.41, 5.74) is 0.488. The van der Waals surface area contributed by atoms with E-state index in [1.165, 1.54) is 18.2 Å².